The van der Waals surface area contributed by atoms with Gasteiger partial charge in [0.1, 0.15) is 17.0 Å². The van der Waals surface area contributed by atoms with Crippen LogP contribution < -0.4 is 0 Å². The molecule has 5 aromatic rings. The molecule has 3 aromatic heterocycles. The molecule has 53 heavy (non-hydrogen) atoms. The summed E-state index contributed by atoms with van der Waals surface area (Å²) in [6.45, 7) is 5.94. The average molecular weight is 728 g/mol. The fourth-order valence-corrected chi connectivity index (χ4v) is 6.10. The van der Waals surface area contributed by atoms with E-state index in [0.29, 0.717) is 28.1 Å². The predicted molar refractivity (Wildman–Crippen MR) is 189 cm³/mol. The monoisotopic (exact) mass is 727 g/mol. The highest BCUT2D eigenvalue weighted by Gasteiger charge is 2.30. The second-order valence-corrected chi connectivity index (χ2v) is 13.6. The van der Waals surface area contributed by atoms with Crippen molar-refractivity contribution in [2.75, 3.05) is 47.0 Å². The van der Waals surface area contributed by atoms with E-state index < -0.39 is 42.3 Å². The molecule has 17 heteroatoms. The van der Waals surface area contributed by atoms with Gasteiger partial charge in [0.15, 0.2) is 12.1 Å². The van der Waals surface area contributed by atoms with Gasteiger partial charge in [-0.2, -0.15) is 0 Å². The van der Waals surface area contributed by atoms with Gasteiger partial charge < -0.3 is 34.1 Å². The number of H-pyrrole nitrogens is 1. The third kappa shape index (κ3) is 8.04. The number of nitrogens with zero attached hydrogens (tertiary/aromatic N) is 8. The van der Waals surface area contributed by atoms with Crippen LogP contribution in [-0.4, -0.2) is 126 Å². The smallest absolute Gasteiger partial charge is 0.410 e. The lowest BCUT2D eigenvalue weighted by Gasteiger charge is -2.35. The number of aromatic amines is 1. The van der Waals surface area contributed by atoms with Crippen molar-refractivity contribution in [2.45, 2.75) is 44.9 Å². The van der Waals surface area contributed by atoms with Gasteiger partial charge in [-0.05, 0) is 50.6 Å². The number of piperazine rings is 1. The van der Waals surface area contributed by atoms with Gasteiger partial charge in [0, 0.05) is 66.4 Å². The number of aromatic nitrogens is 7. The van der Waals surface area contributed by atoms with Crippen LogP contribution in [0.1, 0.15) is 48.8 Å². The van der Waals surface area contributed by atoms with E-state index in [-0.39, 0.29) is 38.5 Å². The number of amides is 2. The Morgan fingerprint density at radius 2 is 1.40 bits per heavy atom. The number of para-hydroxylation sites is 1. The standard InChI is InChI=1S/C36H41N9O8/c1-36(2,3)53-35(50)43-12-10-42(11-13-43)32(47)24-15-22(14-23(16-24)29-20-45(41-39-29)31(21-46)34(49)52-5)28-19-44(40-38-28)30(33(48)51-4)17-25-18-37-27-9-7-6-8-26(25)27/h6-9,14-16,18-20,30-31,37,46H,10-13,17,21H2,1-5H3/t30-,31?/m0/s1. The second-order valence-electron chi connectivity index (χ2n) is 13.6. The first kappa shape index (κ1) is 36.7. The molecule has 1 unspecified atom stereocenters. The Bertz CT molecular complexity index is 2120. The lowest BCUT2D eigenvalue weighted by Crippen LogP contribution is -2.51. The summed E-state index contributed by atoms with van der Waals surface area (Å²) < 4.78 is 18.1. The van der Waals surface area contributed by atoms with Crippen LogP contribution >= 0.6 is 0 Å². The maximum atomic E-state index is 14.0. The maximum Gasteiger partial charge on any atom is 0.410 e. The molecule has 0 radical (unpaired) electrons. The number of aliphatic hydroxyl groups is 1. The number of benzene rings is 2. The third-order valence-electron chi connectivity index (χ3n) is 8.86. The van der Waals surface area contributed by atoms with Crippen LogP contribution in [0.3, 0.4) is 0 Å². The number of nitrogens with one attached hydrogen (secondary N) is 1. The topological polar surface area (TPSA) is 200 Å². The molecule has 0 saturated carbocycles. The minimum absolute atomic E-state index is 0.272. The molecule has 1 fully saturated rings. The summed E-state index contributed by atoms with van der Waals surface area (Å²) in [6, 6.07) is 10.8. The van der Waals surface area contributed by atoms with Gasteiger partial charge in [0.25, 0.3) is 5.91 Å². The Hall–Kier alpha value is -6.10. The molecule has 1 aliphatic rings. The molecular weight excluding hydrogens is 686 g/mol. The van der Waals surface area contributed by atoms with Gasteiger partial charge >= 0.3 is 18.0 Å². The van der Waals surface area contributed by atoms with Crippen LogP contribution in [0.2, 0.25) is 0 Å². The zero-order chi connectivity index (χ0) is 37.9. The van der Waals surface area contributed by atoms with Gasteiger partial charge in [0.05, 0.1) is 33.2 Å². The number of methoxy groups -OCH3 is 2. The van der Waals surface area contributed by atoms with Crippen molar-refractivity contribution in [1.29, 1.82) is 0 Å². The Labute approximate surface area is 304 Å². The molecular formula is C36H41N9O8. The molecule has 0 spiro atoms. The fourth-order valence-electron chi connectivity index (χ4n) is 6.10. The van der Waals surface area contributed by atoms with Crippen molar-refractivity contribution >= 4 is 34.8 Å². The molecule has 1 saturated heterocycles. The van der Waals surface area contributed by atoms with Gasteiger partial charge in [-0.15, -0.1) is 10.2 Å². The van der Waals surface area contributed by atoms with Gasteiger partial charge in [-0.3, -0.25) is 4.79 Å². The fraction of sp³-hybridized carbons (Fsp3) is 0.389. The van der Waals surface area contributed by atoms with Crippen molar-refractivity contribution < 1.29 is 38.5 Å². The number of esters is 2. The highest BCUT2D eigenvalue weighted by atomic mass is 16.6. The molecule has 0 aliphatic carbocycles. The van der Waals surface area contributed by atoms with Gasteiger partial charge in [-0.25, -0.2) is 23.7 Å². The highest BCUT2D eigenvalue weighted by molar-refractivity contribution is 5.97. The van der Waals surface area contributed by atoms with E-state index in [2.05, 4.69) is 25.6 Å². The number of ether oxygens (including phenoxy) is 3. The number of fused-ring (bicyclic) bond motifs is 1. The minimum atomic E-state index is -1.13. The van der Waals surface area contributed by atoms with Crippen molar-refractivity contribution in [2.24, 2.45) is 0 Å². The second kappa shape index (κ2) is 15.2. The van der Waals surface area contributed by atoms with Gasteiger partial charge in [0.2, 0.25) is 0 Å². The Morgan fingerprint density at radius 3 is 1.98 bits per heavy atom. The molecule has 278 valence electrons. The number of hydrogen-bond donors (Lipinski definition) is 2. The summed E-state index contributed by atoms with van der Waals surface area (Å²) in [5.74, 6) is -1.52. The quantitative estimate of drug-likeness (QED) is 0.158. The summed E-state index contributed by atoms with van der Waals surface area (Å²) in [5, 5.41) is 27.7. The molecule has 6 rings (SSSR count). The van der Waals surface area contributed by atoms with Crippen LogP contribution in [0.25, 0.3) is 33.4 Å². The molecule has 2 N–H and O–H groups in total. The zero-order valence-corrected chi connectivity index (χ0v) is 30.1. The largest absolute Gasteiger partial charge is 0.467 e. The molecule has 0 bridgehead atoms. The zero-order valence-electron chi connectivity index (χ0n) is 30.1. The summed E-state index contributed by atoms with van der Waals surface area (Å²) in [6.07, 6.45) is 4.76. The van der Waals surface area contributed by atoms with E-state index in [9.17, 15) is 24.3 Å². The Balaban J connectivity index is 1.33. The number of carbonyl (C=O) groups is 4. The SMILES string of the molecule is COC(=O)C(CO)n1cc(-c2cc(C(=O)N3CCN(C(=O)OC(C)(C)C)CC3)cc(-c3cn([C@@H](Cc4c[nH]c5ccccc45)C(=O)OC)nn3)c2)nn1. The van der Waals surface area contributed by atoms with E-state index >= 15 is 0 Å². The Kier molecular flexibility index (Phi) is 10.6. The normalized spacial score (nSPS) is 14.5. The number of carbonyl (C=O) groups excluding carboxylic acids is 4. The van der Waals surface area contributed by atoms with Crippen LogP contribution in [0.5, 0.6) is 0 Å². The maximum absolute atomic E-state index is 14.0. The molecule has 2 atom stereocenters. The first-order chi connectivity index (χ1) is 25.4. The first-order valence-corrected chi connectivity index (χ1v) is 17.0. The van der Waals surface area contributed by atoms with Crippen molar-refractivity contribution in [3.8, 4) is 22.5 Å². The minimum Gasteiger partial charge on any atom is -0.467 e. The van der Waals surface area contributed by atoms with Crippen molar-refractivity contribution in [3.05, 3.63) is 72.2 Å². The summed E-state index contributed by atoms with van der Waals surface area (Å²) in [7, 11) is 2.52. The van der Waals surface area contributed by atoms with E-state index in [1.807, 2.05) is 30.5 Å². The van der Waals surface area contributed by atoms with Gasteiger partial charge in [-0.1, -0.05) is 28.6 Å². The number of rotatable bonds is 10. The van der Waals surface area contributed by atoms with E-state index in [4.69, 9.17) is 14.2 Å². The van der Waals surface area contributed by atoms with E-state index in [1.165, 1.54) is 29.8 Å². The van der Waals surface area contributed by atoms with Crippen LogP contribution in [0, 0.1) is 0 Å². The summed E-state index contributed by atoms with van der Waals surface area (Å²) in [5.41, 5.74) is 3.08. The molecule has 2 aromatic carbocycles. The van der Waals surface area contributed by atoms with Crippen LogP contribution in [0.4, 0.5) is 4.79 Å². The molecule has 1 aliphatic heterocycles. The van der Waals surface area contributed by atoms with Crippen LogP contribution in [0.15, 0.2) is 61.1 Å². The average Bonchev–Trinajstić information content (AvgIpc) is 3.94. The summed E-state index contributed by atoms with van der Waals surface area (Å²) >= 11 is 0. The van der Waals surface area contributed by atoms with Crippen molar-refractivity contribution in [1.82, 2.24) is 44.8 Å². The number of hydrogen-bond acceptors (Lipinski definition) is 12. The molecule has 2 amide bonds. The highest BCUT2D eigenvalue weighted by Crippen LogP contribution is 2.30. The number of aliphatic hydroxyl groups excluding tert-OH is 1. The summed E-state index contributed by atoms with van der Waals surface area (Å²) in [4.78, 5) is 58.5. The lowest BCUT2D eigenvalue weighted by molar-refractivity contribution is -0.146. The molecule has 17 nitrogen and oxygen atoms in total. The third-order valence-corrected chi connectivity index (χ3v) is 8.86. The first-order valence-electron chi connectivity index (χ1n) is 17.0. The van der Waals surface area contributed by atoms with Crippen LogP contribution in [-0.2, 0) is 30.2 Å². The van der Waals surface area contributed by atoms with Crippen molar-refractivity contribution in [3.63, 3.8) is 0 Å². The molecule has 4 heterocycles. The van der Waals surface area contributed by atoms with E-state index in [0.717, 1.165) is 16.5 Å². The van der Waals surface area contributed by atoms with E-state index in [1.54, 1.807) is 55.0 Å². The lowest BCUT2D eigenvalue weighted by atomic mass is 10.0. The predicted octanol–water partition coefficient (Wildman–Crippen LogP) is 3.04. The Morgan fingerprint density at radius 1 is 0.830 bits per heavy atom.